The first kappa shape index (κ1) is 17.0. The van der Waals surface area contributed by atoms with Crippen molar-refractivity contribution in [1.82, 2.24) is 5.32 Å². The van der Waals surface area contributed by atoms with Crippen molar-refractivity contribution in [3.63, 3.8) is 0 Å². The first-order valence-electron chi connectivity index (χ1n) is 6.20. The van der Waals surface area contributed by atoms with Gasteiger partial charge in [-0.3, -0.25) is 9.59 Å². The van der Waals surface area contributed by atoms with Crippen molar-refractivity contribution in [2.45, 2.75) is 6.92 Å². The van der Waals surface area contributed by atoms with Crippen LogP contribution in [0.3, 0.4) is 0 Å². The number of amides is 2. The molecule has 0 saturated heterocycles. The monoisotopic (exact) mass is 301 g/mol. The molecule has 116 valence electrons. The molecule has 0 spiro atoms. The van der Waals surface area contributed by atoms with Crippen LogP contribution in [0.2, 0.25) is 0 Å². The lowest BCUT2D eigenvalue weighted by Crippen LogP contribution is -2.30. The molecule has 21 heavy (non-hydrogen) atoms. The van der Waals surface area contributed by atoms with Crippen molar-refractivity contribution in [3.8, 4) is 0 Å². The largest absolute Gasteiger partial charge is 0.383 e. The van der Waals surface area contributed by atoms with Gasteiger partial charge in [-0.15, -0.1) is 0 Å². The van der Waals surface area contributed by atoms with Crippen LogP contribution in [0.25, 0.3) is 0 Å². The molecule has 0 fully saturated rings. The maximum Gasteiger partial charge on any atom is 0.238 e. The second kappa shape index (κ2) is 8.28. The molecule has 8 heteroatoms. The van der Waals surface area contributed by atoms with Gasteiger partial charge in [0.25, 0.3) is 0 Å². The number of methoxy groups -OCH3 is 1. The molecule has 0 saturated carbocycles. The van der Waals surface area contributed by atoms with Crippen molar-refractivity contribution < 1.29 is 23.1 Å². The highest BCUT2D eigenvalue weighted by Gasteiger charge is 2.13. The molecule has 1 aromatic carbocycles. The number of ether oxygens (including phenoxy) is 1. The van der Waals surface area contributed by atoms with E-state index in [4.69, 9.17) is 4.74 Å². The maximum absolute atomic E-state index is 13.2. The third-order valence-corrected chi connectivity index (χ3v) is 2.41. The lowest BCUT2D eigenvalue weighted by Gasteiger charge is -2.12. The number of benzene rings is 1. The number of carbonyl (C=O) groups excluding carboxylic acids is 2. The Morgan fingerprint density at radius 1 is 1.14 bits per heavy atom. The first-order valence-corrected chi connectivity index (χ1v) is 6.20. The minimum atomic E-state index is -1.12. The smallest absolute Gasteiger partial charge is 0.238 e. The lowest BCUT2D eigenvalue weighted by atomic mass is 10.2. The standard InChI is InChI=1S/C13H17F2N3O3/c1-8(19)17-11-5-9(14)10(15)6-12(11)18-13(20)7-16-3-4-21-2/h5-6,16H,3-4,7H2,1-2H3,(H,17,19)(H,18,20). The van der Waals surface area contributed by atoms with Crippen molar-refractivity contribution in [2.24, 2.45) is 0 Å². The SMILES string of the molecule is COCCNCC(=O)Nc1cc(F)c(F)cc1NC(C)=O. The predicted octanol–water partition coefficient (Wildman–Crippen LogP) is 1.10. The van der Waals surface area contributed by atoms with E-state index in [9.17, 15) is 18.4 Å². The molecule has 0 unspecified atom stereocenters. The van der Waals surface area contributed by atoms with Crippen LogP contribution in [0.5, 0.6) is 0 Å². The Bertz CT molecular complexity index is 524. The van der Waals surface area contributed by atoms with Crippen LogP contribution in [0.4, 0.5) is 20.2 Å². The third-order valence-electron chi connectivity index (χ3n) is 2.41. The topological polar surface area (TPSA) is 79.5 Å². The predicted molar refractivity (Wildman–Crippen MR) is 74.0 cm³/mol. The van der Waals surface area contributed by atoms with Crippen molar-refractivity contribution in [1.29, 1.82) is 0 Å². The van der Waals surface area contributed by atoms with Gasteiger partial charge in [0, 0.05) is 32.7 Å². The van der Waals surface area contributed by atoms with Gasteiger partial charge in [0.05, 0.1) is 24.5 Å². The second-order valence-electron chi connectivity index (χ2n) is 4.21. The van der Waals surface area contributed by atoms with E-state index in [-0.39, 0.29) is 17.9 Å². The van der Waals surface area contributed by atoms with Crippen LogP contribution >= 0.6 is 0 Å². The van der Waals surface area contributed by atoms with Crippen LogP contribution < -0.4 is 16.0 Å². The zero-order valence-corrected chi connectivity index (χ0v) is 11.8. The molecule has 3 N–H and O–H groups in total. The molecule has 0 radical (unpaired) electrons. The molecule has 0 aliphatic rings. The Morgan fingerprint density at radius 2 is 1.71 bits per heavy atom. The van der Waals surface area contributed by atoms with Crippen LogP contribution in [0.1, 0.15) is 6.92 Å². The average Bonchev–Trinajstić information content (AvgIpc) is 2.40. The van der Waals surface area contributed by atoms with Crippen molar-refractivity contribution in [2.75, 3.05) is 37.4 Å². The van der Waals surface area contributed by atoms with E-state index in [1.54, 1.807) is 0 Å². The quantitative estimate of drug-likeness (QED) is 0.659. The highest BCUT2D eigenvalue weighted by molar-refractivity contribution is 5.99. The average molecular weight is 301 g/mol. The fourth-order valence-corrected chi connectivity index (χ4v) is 1.51. The molecule has 6 nitrogen and oxygen atoms in total. The highest BCUT2D eigenvalue weighted by atomic mass is 19.2. The summed E-state index contributed by atoms with van der Waals surface area (Å²) in [7, 11) is 1.53. The summed E-state index contributed by atoms with van der Waals surface area (Å²) in [6.45, 7) is 2.11. The molecule has 0 heterocycles. The van der Waals surface area contributed by atoms with E-state index in [1.165, 1.54) is 14.0 Å². The summed E-state index contributed by atoms with van der Waals surface area (Å²) in [4.78, 5) is 22.7. The molecule has 0 aliphatic heterocycles. The Morgan fingerprint density at radius 3 is 2.24 bits per heavy atom. The summed E-state index contributed by atoms with van der Waals surface area (Å²) >= 11 is 0. The molecular weight excluding hydrogens is 284 g/mol. The number of carbonyl (C=O) groups is 2. The zero-order valence-electron chi connectivity index (χ0n) is 11.8. The number of rotatable bonds is 7. The van der Waals surface area contributed by atoms with E-state index in [0.717, 1.165) is 12.1 Å². The van der Waals surface area contributed by atoms with Gasteiger partial charge in [-0.05, 0) is 0 Å². The number of anilines is 2. The van der Waals surface area contributed by atoms with Crippen molar-refractivity contribution >= 4 is 23.2 Å². The van der Waals surface area contributed by atoms with Gasteiger partial charge in [-0.1, -0.05) is 0 Å². The van der Waals surface area contributed by atoms with Gasteiger partial charge in [0.1, 0.15) is 0 Å². The fraction of sp³-hybridized carbons (Fsp3) is 0.385. The fourth-order valence-electron chi connectivity index (χ4n) is 1.51. The van der Waals surface area contributed by atoms with Gasteiger partial charge in [0.2, 0.25) is 11.8 Å². The zero-order chi connectivity index (χ0) is 15.8. The number of hydrogen-bond acceptors (Lipinski definition) is 4. The molecule has 0 aromatic heterocycles. The summed E-state index contributed by atoms with van der Waals surface area (Å²) in [5.41, 5.74) is -0.0192. The third kappa shape index (κ3) is 5.84. The summed E-state index contributed by atoms with van der Waals surface area (Å²) in [6, 6.07) is 1.62. The molecule has 2 amide bonds. The number of hydrogen-bond donors (Lipinski definition) is 3. The van der Waals surface area contributed by atoms with E-state index in [1.807, 2.05) is 0 Å². The molecule has 0 aliphatic carbocycles. The molecule has 1 rings (SSSR count). The van der Waals surface area contributed by atoms with Crippen LogP contribution in [-0.4, -0.2) is 38.6 Å². The highest BCUT2D eigenvalue weighted by Crippen LogP contribution is 2.25. The van der Waals surface area contributed by atoms with Gasteiger partial charge in [0.15, 0.2) is 11.6 Å². The van der Waals surface area contributed by atoms with Gasteiger partial charge in [-0.25, -0.2) is 8.78 Å². The minimum Gasteiger partial charge on any atom is -0.383 e. The Kier molecular flexibility index (Phi) is 6.70. The van der Waals surface area contributed by atoms with Crippen LogP contribution in [-0.2, 0) is 14.3 Å². The molecular formula is C13H17F2N3O3. The van der Waals surface area contributed by atoms with Crippen molar-refractivity contribution in [3.05, 3.63) is 23.8 Å². The van der Waals surface area contributed by atoms with E-state index >= 15 is 0 Å². The second-order valence-corrected chi connectivity index (χ2v) is 4.21. The maximum atomic E-state index is 13.2. The normalized spacial score (nSPS) is 10.3. The van der Waals surface area contributed by atoms with Gasteiger partial charge >= 0.3 is 0 Å². The van der Waals surface area contributed by atoms with E-state index < -0.39 is 23.4 Å². The summed E-state index contributed by atoms with van der Waals surface area (Å²) in [5.74, 6) is -3.15. The summed E-state index contributed by atoms with van der Waals surface area (Å²) in [6.07, 6.45) is 0. The van der Waals surface area contributed by atoms with Gasteiger partial charge in [-0.2, -0.15) is 0 Å². The van der Waals surface area contributed by atoms with E-state index in [0.29, 0.717) is 13.2 Å². The Hall–Kier alpha value is -2.06. The summed E-state index contributed by atoms with van der Waals surface area (Å²) in [5, 5.41) is 7.52. The Balaban J connectivity index is 2.74. The molecule has 0 bridgehead atoms. The molecule has 1 aromatic rings. The number of nitrogens with one attached hydrogen (secondary N) is 3. The summed E-state index contributed by atoms with van der Waals surface area (Å²) < 4.78 is 31.2. The van der Waals surface area contributed by atoms with Crippen LogP contribution in [0, 0.1) is 11.6 Å². The first-order chi connectivity index (χ1) is 9.93. The number of halogens is 2. The van der Waals surface area contributed by atoms with Crippen LogP contribution in [0.15, 0.2) is 12.1 Å². The van der Waals surface area contributed by atoms with E-state index in [2.05, 4.69) is 16.0 Å². The lowest BCUT2D eigenvalue weighted by molar-refractivity contribution is -0.116. The van der Waals surface area contributed by atoms with Gasteiger partial charge < -0.3 is 20.7 Å². The molecule has 0 atom stereocenters. The minimum absolute atomic E-state index is 0.00774. The Labute approximate surface area is 120 Å².